The lowest BCUT2D eigenvalue weighted by molar-refractivity contribution is -0.145. The normalized spacial score (nSPS) is 17.6. The number of aliphatic imine (C=N–C) groups is 1. The number of nitrogens with one attached hydrogen (secondary N) is 2. The van der Waals surface area contributed by atoms with Crippen LogP contribution in [-0.2, 0) is 9.59 Å². The summed E-state index contributed by atoms with van der Waals surface area (Å²) in [6, 6.07) is 0.177. The summed E-state index contributed by atoms with van der Waals surface area (Å²) in [5, 5.41) is 6.09. The summed E-state index contributed by atoms with van der Waals surface area (Å²) < 4.78 is 0. The molecule has 1 fully saturated rings. The number of hydrogen-bond donors (Lipinski definition) is 2. The van der Waals surface area contributed by atoms with Gasteiger partial charge in [-0.1, -0.05) is 13.8 Å². The summed E-state index contributed by atoms with van der Waals surface area (Å²) in [5.41, 5.74) is -0.257. The smallest absolute Gasteiger partial charge is 0.242 e. The van der Waals surface area contributed by atoms with E-state index in [9.17, 15) is 9.59 Å². The first-order valence-corrected chi connectivity index (χ1v) is 8.65. The van der Waals surface area contributed by atoms with Crippen molar-refractivity contribution in [1.82, 2.24) is 20.4 Å². The molecule has 0 aromatic carbocycles. The predicted molar refractivity (Wildman–Crippen MR) is 112 cm³/mol. The lowest BCUT2D eigenvalue weighted by Gasteiger charge is -2.49. The lowest BCUT2D eigenvalue weighted by atomic mass is 9.96. The van der Waals surface area contributed by atoms with Gasteiger partial charge in [-0.25, -0.2) is 0 Å². The Hall–Kier alpha value is -1.06. The van der Waals surface area contributed by atoms with Gasteiger partial charge in [0.25, 0.3) is 0 Å². The highest BCUT2D eigenvalue weighted by atomic mass is 127. The molecule has 2 amide bonds. The van der Waals surface area contributed by atoms with E-state index >= 15 is 0 Å². The minimum Gasteiger partial charge on any atom is -0.354 e. The molecule has 7 nitrogen and oxygen atoms in total. The minimum absolute atomic E-state index is 0. The number of nitrogens with zero attached hydrogens (tertiary/aromatic N) is 3. The molecule has 0 bridgehead atoms. The van der Waals surface area contributed by atoms with Gasteiger partial charge in [0, 0.05) is 38.6 Å². The summed E-state index contributed by atoms with van der Waals surface area (Å²) in [5.74, 6) is 0.816. The van der Waals surface area contributed by atoms with Gasteiger partial charge in [-0.15, -0.1) is 24.0 Å². The molecule has 1 aliphatic heterocycles. The fraction of sp³-hybridized carbons (Fsp3) is 0.824. The van der Waals surface area contributed by atoms with E-state index in [0.29, 0.717) is 25.6 Å². The minimum atomic E-state index is -0.257. The van der Waals surface area contributed by atoms with Gasteiger partial charge < -0.3 is 20.4 Å². The van der Waals surface area contributed by atoms with Crippen LogP contribution in [0.2, 0.25) is 0 Å². The Morgan fingerprint density at radius 2 is 1.76 bits per heavy atom. The molecule has 0 spiro atoms. The van der Waals surface area contributed by atoms with Crippen molar-refractivity contribution in [3.63, 3.8) is 0 Å². The van der Waals surface area contributed by atoms with E-state index in [0.717, 1.165) is 6.54 Å². The van der Waals surface area contributed by atoms with Crippen molar-refractivity contribution in [2.75, 3.05) is 33.2 Å². The first-order valence-electron chi connectivity index (χ1n) is 8.65. The quantitative estimate of drug-likeness (QED) is 0.277. The van der Waals surface area contributed by atoms with Crippen molar-refractivity contribution in [3.05, 3.63) is 0 Å². The molecule has 0 aromatic rings. The second-order valence-corrected chi connectivity index (χ2v) is 7.45. The molecule has 2 N–H and O–H groups in total. The first kappa shape index (κ1) is 23.9. The predicted octanol–water partition coefficient (Wildman–Crippen LogP) is 1.28. The van der Waals surface area contributed by atoms with Gasteiger partial charge in [0.15, 0.2) is 5.96 Å². The third-order valence-corrected chi connectivity index (χ3v) is 4.08. The van der Waals surface area contributed by atoms with Crippen LogP contribution >= 0.6 is 24.0 Å². The summed E-state index contributed by atoms with van der Waals surface area (Å²) in [7, 11) is 1.71. The highest BCUT2D eigenvalue weighted by molar-refractivity contribution is 14.0. The molecule has 0 atom stereocenters. The van der Waals surface area contributed by atoms with Crippen LogP contribution in [0, 0.1) is 5.92 Å². The Bertz CT molecular complexity index is 491. The van der Waals surface area contributed by atoms with Gasteiger partial charge in [0.1, 0.15) is 0 Å². The van der Waals surface area contributed by atoms with E-state index < -0.39 is 0 Å². The van der Waals surface area contributed by atoms with E-state index in [1.54, 1.807) is 7.05 Å². The fourth-order valence-corrected chi connectivity index (χ4v) is 3.21. The van der Waals surface area contributed by atoms with Crippen molar-refractivity contribution in [1.29, 1.82) is 0 Å². The Labute approximate surface area is 169 Å². The molecule has 8 heteroatoms. The molecule has 0 aliphatic carbocycles. The maximum atomic E-state index is 12.5. The Kier molecular flexibility index (Phi) is 9.75. The van der Waals surface area contributed by atoms with Crippen LogP contribution in [0.3, 0.4) is 0 Å². The van der Waals surface area contributed by atoms with Crippen molar-refractivity contribution >= 4 is 41.8 Å². The highest BCUT2D eigenvalue weighted by Gasteiger charge is 2.40. The zero-order chi connectivity index (χ0) is 18.5. The van der Waals surface area contributed by atoms with Crippen LogP contribution < -0.4 is 10.6 Å². The molecule has 25 heavy (non-hydrogen) atoms. The molecular formula is C17H34IN5O2. The number of carbonyl (C=O) groups is 2. The number of carbonyl (C=O) groups excluding carboxylic acids is 2. The van der Waals surface area contributed by atoms with Gasteiger partial charge in [-0.3, -0.25) is 14.6 Å². The maximum absolute atomic E-state index is 12.5. The van der Waals surface area contributed by atoms with Gasteiger partial charge in [-0.2, -0.15) is 0 Å². The summed E-state index contributed by atoms with van der Waals surface area (Å²) in [6.07, 6.45) is 0. The zero-order valence-corrected chi connectivity index (χ0v) is 18.9. The van der Waals surface area contributed by atoms with Crippen molar-refractivity contribution in [2.45, 2.75) is 53.1 Å². The second-order valence-electron chi connectivity index (χ2n) is 7.45. The number of hydrogen-bond acceptors (Lipinski definition) is 3. The Morgan fingerprint density at radius 1 is 1.20 bits per heavy atom. The zero-order valence-electron chi connectivity index (χ0n) is 16.5. The van der Waals surface area contributed by atoms with E-state index in [-0.39, 0.29) is 53.3 Å². The van der Waals surface area contributed by atoms with E-state index in [2.05, 4.69) is 29.5 Å². The third kappa shape index (κ3) is 6.63. The molecule has 1 heterocycles. The average molecular weight is 467 g/mol. The van der Waals surface area contributed by atoms with Crippen LogP contribution in [0.1, 0.15) is 41.5 Å². The number of guanidine groups is 1. The number of piperazine rings is 1. The number of amides is 2. The van der Waals surface area contributed by atoms with Gasteiger partial charge in [0.05, 0.1) is 12.1 Å². The van der Waals surface area contributed by atoms with Gasteiger partial charge >= 0.3 is 0 Å². The van der Waals surface area contributed by atoms with Crippen LogP contribution in [0.15, 0.2) is 4.99 Å². The van der Waals surface area contributed by atoms with Gasteiger partial charge in [0.2, 0.25) is 11.8 Å². The highest BCUT2D eigenvalue weighted by Crippen LogP contribution is 2.24. The average Bonchev–Trinajstić information content (AvgIpc) is 2.44. The molecule has 0 unspecified atom stereocenters. The molecule has 146 valence electrons. The van der Waals surface area contributed by atoms with Crippen molar-refractivity contribution < 1.29 is 9.59 Å². The third-order valence-electron chi connectivity index (χ3n) is 4.08. The number of halogens is 1. The summed E-state index contributed by atoms with van der Waals surface area (Å²) in [4.78, 5) is 32.3. The lowest BCUT2D eigenvalue weighted by Crippen LogP contribution is -2.66. The monoisotopic (exact) mass is 467 g/mol. The fourth-order valence-electron chi connectivity index (χ4n) is 3.21. The van der Waals surface area contributed by atoms with Crippen LogP contribution in [0.4, 0.5) is 0 Å². The molecule has 1 rings (SSSR count). The Morgan fingerprint density at radius 3 is 2.20 bits per heavy atom. The Balaban J connectivity index is 0.00000576. The standard InChI is InChI=1S/C17H33N5O2.HI/c1-12(2)15(24)19-8-9-20-16(18-7)21-10-14(23)22(13(3)4)17(5,6)11-21;/h12-13H,8-11H2,1-7H3,(H,18,20)(H,19,24);1H. The van der Waals surface area contributed by atoms with Crippen LogP contribution in [-0.4, -0.2) is 72.4 Å². The first-order chi connectivity index (χ1) is 11.1. The summed E-state index contributed by atoms with van der Waals surface area (Å²) in [6.45, 7) is 14.1. The van der Waals surface area contributed by atoms with E-state index in [1.165, 1.54) is 0 Å². The van der Waals surface area contributed by atoms with E-state index in [1.807, 2.05) is 37.5 Å². The van der Waals surface area contributed by atoms with Crippen molar-refractivity contribution in [3.8, 4) is 0 Å². The van der Waals surface area contributed by atoms with Crippen LogP contribution in [0.25, 0.3) is 0 Å². The molecule has 1 saturated heterocycles. The molecule has 0 saturated carbocycles. The summed E-state index contributed by atoms with van der Waals surface area (Å²) >= 11 is 0. The van der Waals surface area contributed by atoms with Crippen LogP contribution in [0.5, 0.6) is 0 Å². The topological polar surface area (TPSA) is 77.0 Å². The number of rotatable bonds is 5. The SMILES string of the molecule is CN=C(NCCNC(=O)C(C)C)N1CC(=O)N(C(C)C)C(C)(C)C1.I. The maximum Gasteiger partial charge on any atom is 0.242 e. The van der Waals surface area contributed by atoms with Gasteiger partial charge in [-0.05, 0) is 27.7 Å². The molecule has 1 aliphatic rings. The molecule has 0 aromatic heterocycles. The largest absolute Gasteiger partial charge is 0.354 e. The van der Waals surface area contributed by atoms with E-state index in [4.69, 9.17) is 0 Å². The van der Waals surface area contributed by atoms with Crippen molar-refractivity contribution in [2.24, 2.45) is 10.9 Å². The molecular weight excluding hydrogens is 433 g/mol. The molecule has 0 radical (unpaired) electrons. The second kappa shape index (κ2) is 10.2.